The first kappa shape index (κ1) is 31.6. The number of furan rings is 1. The van der Waals surface area contributed by atoms with Crippen molar-refractivity contribution in [3.05, 3.63) is 125 Å². The number of halogens is 4. The van der Waals surface area contributed by atoms with E-state index in [1.165, 1.54) is 6.08 Å². The lowest BCUT2D eigenvalue weighted by Crippen LogP contribution is -2.17. The number of carbonyl (C=O) groups excluding carboxylic acids is 2. The SMILES string of the molecule is Cc1cc(N(c2cc(C)nc(C)c2)c2ccc3c(c2)C(C)(C)c2cc(C=C4C(=O)c5c(Cl)c(Cl)c(Cl)c(Cl)c5C4=O)oc2-3)cc(C)n1. The molecule has 0 bridgehead atoms. The van der Waals surface area contributed by atoms with E-state index < -0.39 is 17.0 Å². The Kier molecular flexibility index (Phi) is 7.45. The van der Waals surface area contributed by atoms with Gasteiger partial charge in [0.25, 0.3) is 0 Å². The molecule has 0 unspecified atom stereocenters. The number of allylic oxidation sites excluding steroid dienone is 1. The third kappa shape index (κ3) is 4.93. The first-order valence-electron chi connectivity index (χ1n) is 14.8. The molecular formula is C37H27Cl4N3O3. The number of benzene rings is 2. The highest BCUT2D eigenvalue weighted by molar-refractivity contribution is 6.57. The summed E-state index contributed by atoms with van der Waals surface area (Å²) in [6.45, 7) is 12.2. The summed E-state index contributed by atoms with van der Waals surface area (Å²) in [5, 5.41) is -0.352. The highest BCUT2D eigenvalue weighted by Crippen LogP contribution is 2.53. The van der Waals surface area contributed by atoms with Gasteiger partial charge in [-0.25, -0.2) is 0 Å². The third-order valence-electron chi connectivity index (χ3n) is 8.75. The van der Waals surface area contributed by atoms with Crippen LogP contribution in [0.15, 0.2) is 58.5 Å². The van der Waals surface area contributed by atoms with Crippen molar-refractivity contribution in [3.63, 3.8) is 0 Å². The Bertz CT molecular complexity index is 2130. The topological polar surface area (TPSA) is 76.3 Å². The molecule has 0 saturated carbocycles. The van der Waals surface area contributed by atoms with E-state index in [0.717, 1.165) is 56.5 Å². The van der Waals surface area contributed by atoms with E-state index in [-0.39, 0.29) is 36.8 Å². The molecule has 0 atom stereocenters. The van der Waals surface area contributed by atoms with E-state index in [9.17, 15) is 9.59 Å². The molecule has 6 nitrogen and oxygen atoms in total. The van der Waals surface area contributed by atoms with Crippen molar-refractivity contribution in [2.24, 2.45) is 0 Å². The largest absolute Gasteiger partial charge is 0.456 e. The number of rotatable bonds is 4. The van der Waals surface area contributed by atoms with Crippen LogP contribution >= 0.6 is 46.4 Å². The molecule has 0 saturated heterocycles. The highest BCUT2D eigenvalue weighted by atomic mass is 35.5. The number of nitrogens with zero attached hydrogens (tertiary/aromatic N) is 3. The average Bonchev–Trinajstić information content (AvgIpc) is 3.59. The first-order chi connectivity index (χ1) is 22.2. The minimum atomic E-state index is -0.584. The van der Waals surface area contributed by atoms with Gasteiger partial charge in [0.1, 0.15) is 11.5 Å². The zero-order valence-corrected chi connectivity index (χ0v) is 29.3. The van der Waals surface area contributed by atoms with Crippen molar-refractivity contribution in [2.75, 3.05) is 4.90 Å². The quantitative estimate of drug-likeness (QED) is 0.0803. The first-order valence-corrected chi connectivity index (χ1v) is 16.4. The van der Waals surface area contributed by atoms with Crippen LogP contribution < -0.4 is 4.90 Å². The van der Waals surface area contributed by atoms with Gasteiger partial charge in [-0.15, -0.1) is 0 Å². The lowest BCUT2D eigenvalue weighted by Gasteiger charge is -2.28. The van der Waals surface area contributed by atoms with Gasteiger partial charge >= 0.3 is 0 Å². The number of fused-ring (bicyclic) bond motifs is 4. The maximum Gasteiger partial charge on any atom is 0.199 e. The van der Waals surface area contributed by atoms with Crippen molar-refractivity contribution in [1.82, 2.24) is 9.97 Å². The zero-order valence-electron chi connectivity index (χ0n) is 26.3. The van der Waals surface area contributed by atoms with Gasteiger partial charge in [0.05, 0.1) is 36.8 Å². The van der Waals surface area contributed by atoms with E-state index in [2.05, 4.69) is 71.2 Å². The molecule has 2 aromatic carbocycles. The van der Waals surface area contributed by atoms with Crippen LogP contribution in [-0.4, -0.2) is 21.5 Å². The number of carbonyl (C=O) groups is 2. The minimum Gasteiger partial charge on any atom is -0.456 e. The Morgan fingerprint density at radius 3 is 1.64 bits per heavy atom. The maximum atomic E-state index is 13.4. The number of aromatic nitrogens is 2. The van der Waals surface area contributed by atoms with Gasteiger partial charge in [0.2, 0.25) is 0 Å². The molecule has 0 aliphatic heterocycles. The molecule has 0 radical (unpaired) electrons. The van der Waals surface area contributed by atoms with Crippen molar-refractivity contribution in [1.29, 1.82) is 0 Å². The number of hydrogen-bond acceptors (Lipinski definition) is 6. The van der Waals surface area contributed by atoms with Gasteiger partial charge in [-0.1, -0.05) is 60.3 Å². The van der Waals surface area contributed by atoms with Gasteiger partial charge in [-0.3, -0.25) is 19.6 Å². The van der Waals surface area contributed by atoms with Crippen molar-refractivity contribution in [3.8, 4) is 11.3 Å². The molecule has 5 aromatic rings. The van der Waals surface area contributed by atoms with Crippen LogP contribution in [0.3, 0.4) is 0 Å². The fourth-order valence-corrected chi connectivity index (χ4v) is 7.74. The Morgan fingerprint density at radius 2 is 1.15 bits per heavy atom. The summed E-state index contributed by atoms with van der Waals surface area (Å²) in [4.78, 5) is 38.2. The minimum absolute atomic E-state index is 0.0525. The van der Waals surface area contributed by atoms with E-state index in [4.69, 9.17) is 50.8 Å². The van der Waals surface area contributed by atoms with Crippen LogP contribution in [0, 0.1) is 27.7 Å². The molecule has 0 N–H and O–H groups in total. The molecule has 3 heterocycles. The van der Waals surface area contributed by atoms with Crippen LogP contribution in [0.25, 0.3) is 17.4 Å². The lowest BCUT2D eigenvalue weighted by molar-refractivity contribution is 0.0990. The fraction of sp³-hybridized carbons (Fsp3) is 0.189. The summed E-state index contributed by atoms with van der Waals surface area (Å²) in [6, 6.07) is 16.5. The van der Waals surface area contributed by atoms with Crippen LogP contribution in [0.2, 0.25) is 20.1 Å². The Labute approximate surface area is 292 Å². The van der Waals surface area contributed by atoms with E-state index in [1.54, 1.807) is 0 Å². The molecule has 2 aliphatic rings. The molecular weight excluding hydrogens is 676 g/mol. The number of pyridine rings is 2. The Morgan fingerprint density at radius 1 is 0.660 bits per heavy atom. The van der Waals surface area contributed by atoms with Gasteiger partial charge in [0, 0.05) is 56.4 Å². The van der Waals surface area contributed by atoms with E-state index >= 15 is 0 Å². The van der Waals surface area contributed by atoms with Gasteiger partial charge in [0.15, 0.2) is 11.6 Å². The third-order valence-corrected chi connectivity index (χ3v) is 10.6. The number of hydrogen-bond donors (Lipinski definition) is 0. The standard InChI is InChI=1S/C37H27Cl4N3O3/c1-16-9-21(10-17(2)42-16)44(22-11-18(3)43-19(4)12-22)20-7-8-24-26(13-20)37(5,6)27-15-23(47-36(24)27)14-25-34(45)28-29(35(25)46)31(39)33(41)32(40)30(28)38/h7-15H,1-6H3. The van der Waals surface area contributed by atoms with E-state index in [0.29, 0.717) is 11.5 Å². The van der Waals surface area contributed by atoms with Gasteiger partial charge < -0.3 is 9.32 Å². The van der Waals surface area contributed by atoms with Crippen LogP contribution in [-0.2, 0) is 5.41 Å². The fourth-order valence-electron chi connectivity index (χ4n) is 6.71. The van der Waals surface area contributed by atoms with Gasteiger partial charge in [-0.2, -0.15) is 0 Å². The van der Waals surface area contributed by atoms with Crippen molar-refractivity contribution in [2.45, 2.75) is 47.0 Å². The highest BCUT2D eigenvalue weighted by Gasteiger charge is 2.42. The summed E-state index contributed by atoms with van der Waals surface area (Å²) in [5.41, 5.74) is 8.93. The number of ketones is 2. The Hall–Kier alpha value is -3.94. The molecule has 10 heteroatoms. The number of Topliss-reactive ketones (excluding diaryl/α,β-unsaturated/α-hetero) is 2. The summed E-state index contributed by atoms with van der Waals surface area (Å²) in [7, 11) is 0. The van der Waals surface area contributed by atoms with Crippen LogP contribution in [0.1, 0.15) is 74.2 Å². The second-order valence-electron chi connectivity index (χ2n) is 12.5. The summed E-state index contributed by atoms with van der Waals surface area (Å²) < 4.78 is 6.36. The summed E-state index contributed by atoms with van der Waals surface area (Å²) in [6.07, 6.45) is 1.44. The second kappa shape index (κ2) is 11.1. The predicted octanol–water partition coefficient (Wildman–Crippen LogP) is 11.2. The molecule has 0 fully saturated rings. The van der Waals surface area contributed by atoms with E-state index in [1.807, 2.05) is 33.8 Å². The molecule has 47 heavy (non-hydrogen) atoms. The predicted molar refractivity (Wildman–Crippen MR) is 189 cm³/mol. The monoisotopic (exact) mass is 701 g/mol. The van der Waals surface area contributed by atoms with Crippen LogP contribution in [0.4, 0.5) is 17.1 Å². The average molecular weight is 703 g/mol. The lowest BCUT2D eigenvalue weighted by atomic mass is 9.82. The molecule has 0 spiro atoms. The molecule has 2 aliphatic carbocycles. The van der Waals surface area contributed by atoms with Gasteiger partial charge in [-0.05, 0) is 87.9 Å². The molecule has 7 rings (SSSR count). The smallest absolute Gasteiger partial charge is 0.199 e. The van der Waals surface area contributed by atoms with Crippen molar-refractivity contribution >= 4 is 81.1 Å². The molecule has 3 aromatic heterocycles. The molecule has 0 amide bonds. The second-order valence-corrected chi connectivity index (χ2v) is 14.0. The van der Waals surface area contributed by atoms with Crippen molar-refractivity contribution < 1.29 is 14.0 Å². The summed E-state index contributed by atoms with van der Waals surface area (Å²) >= 11 is 25.0. The summed E-state index contributed by atoms with van der Waals surface area (Å²) in [5.74, 6) is -0.128. The normalized spacial score (nSPS) is 14.4. The Balaban J connectivity index is 1.32. The molecule has 236 valence electrons. The number of anilines is 3. The number of aryl methyl sites for hydroxylation is 4. The maximum absolute atomic E-state index is 13.4. The zero-order chi connectivity index (χ0) is 33.7. The van der Waals surface area contributed by atoms with Crippen LogP contribution in [0.5, 0.6) is 0 Å².